The minimum atomic E-state index is -0.480. The van der Waals surface area contributed by atoms with Gasteiger partial charge < -0.3 is 4.74 Å². The van der Waals surface area contributed by atoms with Crippen LogP contribution >= 0.6 is 11.3 Å². The molecule has 1 amide bonds. The Labute approximate surface area is 140 Å². The number of benzene rings is 1. The molecule has 1 aromatic carbocycles. The van der Waals surface area contributed by atoms with Crippen LogP contribution in [0.2, 0.25) is 0 Å². The lowest BCUT2D eigenvalue weighted by Gasteiger charge is -2.04. The highest BCUT2D eigenvalue weighted by molar-refractivity contribution is 7.17. The van der Waals surface area contributed by atoms with Crippen molar-refractivity contribution in [2.75, 3.05) is 12.4 Å². The quantitative estimate of drug-likeness (QED) is 0.713. The predicted octanol–water partition coefficient (Wildman–Crippen LogP) is 1.47. The van der Waals surface area contributed by atoms with Crippen molar-refractivity contribution >= 4 is 28.3 Å². The first kappa shape index (κ1) is 15.7. The van der Waals surface area contributed by atoms with Gasteiger partial charge in [-0.3, -0.25) is 10.1 Å². The van der Waals surface area contributed by atoms with E-state index in [2.05, 4.69) is 30.6 Å². The number of hydrogen-bond acceptors (Lipinski definition) is 8. The first-order chi connectivity index (χ1) is 11.6. The third-order valence-corrected chi connectivity index (χ3v) is 4.16. The second-order valence-electron chi connectivity index (χ2n) is 4.68. The minimum absolute atomic E-state index is 0.325. The molecule has 0 atom stereocenters. The van der Waals surface area contributed by atoms with E-state index in [9.17, 15) is 9.59 Å². The number of nitrogens with one attached hydrogen (secondary N) is 1. The molecule has 0 saturated carbocycles. The van der Waals surface area contributed by atoms with Gasteiger partial charge in [-0.15, -0.1) is 5.10 Å². The third kappa shape index (κ3) is 3.13. The Bertz CT molecular complexity index is 890. The summed E-state index contributed by atoms with van der Waals surface area (Å²) >= 11 is 1.06. The Kier molecular flexibility index (Phi) is 4.29. The molecule has 2 aromatic heterocycles. The van der Waals surface area contributed by atoms with Crippen LogP contribution in [0.4, 0.5) is 5.13 Å². The largest absolute Gasteiger partial charge is 0.465 e. The van der Waals surface area contributed by atoms with Gasteiger partial charge >= 0.3 is 5.97 Å². The Morgan fingerprint density at radius 2 is 2.17 bits per heavy atom. The van der Waals surface area contributed by atoms with Gasteiger partial charge in [0.1, 0.15) is 11.2 Å². The average molecular weight is 344 g/mol. The van der Waals surface area contributed by atoms with Crippen molar-refractivity contribution in [2.45, 2.75) is 6.92 Å². The van der Waals surface area contributed by atoms with Crippen LogP contribution in [0.25, 0.3) is 5.69 Å². The maximum Gasteiger partial charge on any atom is 0.350 e. The number of methoxy groups -OCH3 is 1. The molecular weight excluding hydrogens is 332 g/mol. The molecule has 2 heterocycles. The number of amides is 1. The molecule has 3 aromatic rings. The second kappa shape index (κ2) is 6.54. The van der Waals surface area contributed by atoms with Crippen molar-refractivity contribution in [3.8, 4) is 5.69 Å². The average Bonchev–Trinajstić information content (AvgIpc) is 3.24. The molecule has 0 fully saturated rings. The van der Waals surface area contributed by atoms with E-state index < -0.39 is 5.97 Å². The van der Waals surface area contributed by atoms with E-state index in [0.717, 1.165) is 11.3 Å². The molecule has 3 rings (SSSR count). The van der Waals surface area contributed by atoms with Gasteiger partial charge in [0.15, 0.2) is 5.13 Å². The minimum Gasteiger partial charge on any atom is -0.465 e. The normalized spacial score (nSPS) is 10.4. The first-order valence-electron chi connectivity index (χ1n) is 6.79. The van der Waals surface area contributed by atoms with Crippen LogP contribution in [0.1, 0.15) is 25.7 Å². The molecule has 0 saturated heterocycles. The summed E-state index contributed by atoms with van der Waals surface area (Å²) in [6.45, 7) is 1.68. The fraction of sp³-hybridized carbons (Fsp3) is 0.143. The number of carbonyl (C=O) groups excluding carboxylic acids is 2. The van der Waals surface area contributed by atoms with Crippen LogP contribution < -0.4 is 5.32 Å². The first-order valence-corrected chi connectivity index (χ1v) is 7.60. The Balaban J connectivity index is 1.81. The smallest absolute Gasteiger partial charge is 0.350 e. The van der Waals surface area contributed by atoms with Gasteiger partial charge in [-0.05, 0) is 35.5 Å². The number of esters is 1. The SMILES string of the molecule is COC(=O)c1sc(NC(=O)c2cccc(-n3cnnn3)c2)nc1C. The molecule has 0 spiro atoms. The van der Waals surface area contributed by atoms with E-state index in [-0.39, 0.29) is 5.91 Å². The Morgan fingerprint density at radius 3 is 2.88 bits per heavy atom. The van der Waals surface area contributed by atoms with Gasteiger partial charge in [0.2, 0.25) is 0 Å². The lowest BCUT2D eigenvalue weighted by Crippen LogP contribution is -2.12. The summed E-state index contributed by atoms with van der Waals surface area (Å²) in [6, 6.07) is 6.80. The molecule has 24 heavy (non-hydrogen) atoms. The molecule has 1 N–H and O–H groups in total. The van der Waals surface area contributed by atoms with E-state index in [1.165, 1.54) is 18.1 Å². The molecule has 9 nitrogen and oxygen atoms in total. The highest BCUT2D eigenvalue weighted by Crippen LogP contribution is 2.24. The Hall–Kier alpha value is -3.14. The number of aromatic nitrogens is 5. The molecule has 0 aliphatic rings. The summed E-state index contributed by atoms with van der Waals surface area (Å²) in [5.41, 5.74) is 1.57. The van der Waals surface area contributed by atoms with Crippen LogP contribution in [0.3, 0.4) is 0 Å². The van der Waals surface area contributed by atoms with E-state index in [0.29, 0.717) is 27.0 Å². The topological polar surface area (TPSA) is 112 Å². The molecule has 0 radical (unpaired) electrons. The van der Waals surface area contributed by atoms with Gasteiger partial charge in [-0.25, -0.2) is 14.5 Å². The molecular formula is C14H12N6O3S. The van der Waals surface area contributed by atoms with E-state index in [1.807, 2.05) is 0 Å². The monoisotopic (exact) mass is 344 g/mol. The van der Waals surface area contributed by atoms with Gasteiger partial charge in [0.05, 0.1) is 18.5 Å². The molecule has 0 aliphatic heterocycles. The standard InChI is InChI=1S/C14H12N6O3S/c1-8-11(13(22)23-2)24-14(16-8)17-12(21)9-4-3-5-10(6-9)20-7-15-18-19-20/h3-7H,1-2H3,(H,16,17,21). The molecule has 0 aliphatic carbocycles. The lowest BCUT2D eigenvalue weighted by atomic mass is 10.2. The van der Waals surface area contributed by atoms with E-state index >= 15 is 0 Å². The number of tetrazole rings is 1. The van der Waals surface area contributed by atoms with Gasteiger partial charge in [0, 0.05) is 5.56 Å². The summed E-state index contributed by atoms with van der Waals surface area (Å²) in [7, 11) is 1.30. The molecule has 0 unspecified atom stereocenters. The van der Waals surface area contributed by atoms with E-state index in [4.69, 9.17) is 0 Å². The highest BCUT2D eigenvalue weighted by Gasteiger charge is 2.17. The third-order valence-electron chi connectivity index (χ3n) is 3.11. The summed E-state index contributed by atoms with van der Waals surface area (Å²) in [4.78, 5) is 28.5. The van der Waals surface area contributed by atoms with E-state index in [1.54, 1.807) is 31.2 Å². The van der Waals surface area contributed by atoms with Crippen LogP contribution in [-0.2, 0) is 4.74 Å². The zero-order chi connectivity index (χ0) is 17.1. The summed E-state index contributed by atoms with van der Waals surface area (Å²) in [6.07, 6.45) is 1.43. The number of hydrogen-bond donors (Lipinski definition) is 1. The number of nitrogens with zero attached hydrogens (tertiary/aromatic N) is 5. The van der Waals surface area contributed by atoms with Crippen molar-refractivity contribution in [1.82, 2.24) is 25.2 Å². The summed E-state index contributed by atoms with van der Waals surface area (Å²) in [5.74, 6) is -0.832. The lowest BCUT2D eigenvalue weighted by molar-refractivity contribution is 0.0605. The van der Waals surface area contributed by atoms with Crippen LogP contribution in [0, 0.1) is 6.92 Å². The number of rotatable bonds is 4. The van der Waals surface area contributed by atoms with Crippen molar-refractivity contribution in [2.24, 2.45) is 0 Å². The van der Waals surface area contributed by atoms with Gasteiger partial charge in [-0.2, -0.15) is 0 Å². The van der Waals surface area contributed by atoms with Gasteiger partial charge in [0.25, 0.3) is 5.91 Å². The van der Waals surface area contributed by atoms with Crippen LogP contribution in [0.5, 0.6) is 0 Å². The zero-order valence-electron chi connectivity index (χ0n) is 12.8. The fourth-order valence-corrected chi connectivity index (χ4v) is 2.85. The van der Waals surface area contributed by atoms with Crippen molar-refractivity contribution < 1.29 is 14.3 Å². The number of anilines is 1. The highest BCUT2D eigenvalue weighted by atomic mass is 32.1. The maximum atomic E-state index is 12.4. The summed E-state index contributed by atoms with van der Waals surface area (Å²) < 4.78 is 6.12. The number of thiazole rings is 1. The van der Waals surface area contributed by atoms with Crippen molar-refractivity contribution in [3.05, 3.63) is 46.7 Å². The van der Waals surface area contributed by atoms with Crippen LogP contribution in [0.15, 0.2) is 30.6 Å². The predicted molar refractivity (Wildman–Crippen MR) is 85.3 cm³/mol. The second-order valence-corrected chi connectivity index (χ2v) is 5.68. The van der Waals surface area contributed by atoms with Crippen molar-refractivity contribution in [3.63, 3.8) is 0 Å². The van der Waals surface area contributed by atoms with Gasteiger partial charge in [-0.1, -0.05) is 17.4 Å². The number of carbonyl (C=O) groups is 2. The fourth-order valence-electron chi connectivity index (χ4n) is 1.97. The molecule has 122 valence electrons. The summed E-state index contributed by atoms with van der Waals surface area (Å²) in [5, 5.41) is 13.9. The Morgan fingerprint density at radius 1 is 1.33 bits per heavy atom. The van der Waals surface area contributed by atoms with Crippen molar-refractivity contribution in [1.29, 1.82) is 0 Å². The number of aryl methyl sites for hydroxylation is 1. The van der Waals surface area contributed by atoms with Crippen LogP contribution in [-0.4, -0.2) is 44.2 Å². The molecule has 10 heteroatoms. The number of ether oxygens (including phenoxy) is 1. The molecule has 0 bridgehead atoms. The zero-order valence-corrected chi connectivity index (χ0v) is 13.6. The maximum absolute atomic E-state index is 12.4.